The SMILES string of the molecule is CC(C)c1cc[c-]c(N2[CH-]N(C(C)C)c3ccccc32)c1.Cn1ccnc1-c1[c-]cc2oc3c4cccc5ccc6cccc(c3c2c1)c6c54.[Ir+3]. The molecule has 10 rings (SSSR count). The van der Waals surface area contributed by atoms with E-state index >= 15 is 0 Å². The maximum atomic E-state index is 6.41. The predicted octanol–water partition coefficient (Wildman–Crippen LogP) is 11.8. The third kappa shape index (κ3) is 5.37. The molecule has 9 aromatic rings. The molecule has 0 aliphatic carbocycles. The van der Waals surface area contributed by atoms with E-state index in [-0.39, 0.29) is 20.1 Å². The number of benzene rings is 7. The second kappa shape index (κ2) is 12.9. The quantitative estimate of drug-likeness (QED) is 0.131. The van der Waals surface area contributed by atoms with Gasteiger partial charge in [-0.3, -0.25) is 4.98 Å². The molecule has 6 heteroatoms. The van der Waals surface area contributed by atoms with E-state index in [9.17, 15) is 0 Å². The van der Waals surface area contributed by atoms with Gasteiger partial charge in [0, 0.05) is 47.0 Å². The number of fused-ring (bicyclic) bond motifs is 6. The van der Waals surface area contributed by atoms with Crippen LogP contribution in [0.1, 0.15) is 39.2 Å². The number of hydrogen-bond donors (Lipinski definition) is 0. The third-order valence-electron chi connectivity index (χ3n) is 10.0. The second-order valence-electron chi connectivity index (χ2n) is 13.8. The van der Waals surface area contributed by atoms with Gasteiger partial charge in [-0.2, -0.15) is 30.4 Å². The maximum absolute atomic E-state index is 6.41. The van der Waals surface area contributed by atoms with Crippen molar-refractivity contribution in [3.05, 3.63) is 140 Å². The van der Waals surface area contributed by atoms with Crippen LogP contribution in [0.3, 0.4) is 0 Å². The van der Waals surface area contributed by atoms with Gasteiger partial charge in [0.25, 0.3) is 0 Å². The van der Waals surface area contributed by atoms with Crippen molar-refractivity contribution >= 4 is 71.3 Å². The summed E-state index contributed by atoms with van der Waals surface area (Å²) in [6.07, 6.45) is 3.77. The Morgan fingerprint density at radius 3 is 2.18 bits per heavy atom. The number of furan rings is 1. The minimum absolute atomic E-state index is 0. The van der Waals surface area contributed by atoms with Crippen LogP contribution >= 0.6 is 0 Å². The van der Waals surface area contributed by atoms with E-state index in [1.807, 2.05) is 36.1 Å². The second-order valence-corrected chi connectivity index (χ2v) is 13.8. The minimum Gasteiger partial charge on any atom is -0.500 e. The van der Waals surface area contributed by atoms with Crippen LogP contribution in [0.5, 0.6) is 0 Å². The molecule has 0 N–H and O–H groups in total. The number of nitrogens with zero attached hydrogens (tertiary/aromatic N) is 4. The van der Waals surface area contributed by atoms with Gasteiger partial charge in [-0.05, 0) is 59.5 Å². The molecule has 0 bridgehead atoms. The fraction of sp³-hybridized carbons (Fsp3) is 0.156. The van der Waals surface area contributed by atoms with E-state index in [0.29, 0.717) is 12.0 Å². The molecule has 0 radical (unpaired) electrons. The summed E-state index contributed by atoms with van der Waals surface area (Å²) in [5, 5.41) is 9.76. The molecule has 0 atom stereocenters. The molecule has 0 saturated heterocycles. The van der Waals surface area contributed by atoms with E-state index in [1.165, 1.54) is 49.3 Å². The number of para-hydroxylation sites is 2. The zero-order valence-electron chi connectivity index (χ0n) is 29.2. The number of aryl methyl sites for hydroxylation is 1. The van der Waals surface area contributed by atoms with Gasteiger partial charge < -0.3 is 18.8 Å². The zero-order chi connectivity index (χ0) is 34.1. The van der Waals surface area contributed by atoms with E-state index < -0.39 is 0 Å². The van der Waals surface area contributed by atoms with Crippen molar-refractivity contribution in [3.8, 4) is 11.4 Å². The Balaban J connectivity index is 0.000000152. The molecule has 0 fully saturated rings. The maximum Gasteiger partial charge on any atom is 3.00 e. The molecule has 0 saturated carbocycles. The standard InChI is InChI=1S/C26H15N2O.C19H22N2.Ir/c1-28-13-12-27-26(28)17-10-11-21-20(14-17)24-18-6-2-4-15-8-9-16-5-3-7-19(25(24)29-21)23(16)22(15)18;1-14(2)16-8-7-9-17(12-16)21-13-20(15(3)4)18-10-5-6-11-19(18)21;/h2-9,11-14H,1H3;5-8,10-15H,1-4H3;/q-1;-2;+3. The van der Waals surface area contributed by atoms with Gasteiger partial charge in [0.2, 0.25) is 0 Å². The average molecular weight is 842 g/mol. The van der Waals surface area contributed by atoms with Crippen molar-refractivity contribution in [2.75, 3.05) is 9.80 Å². The van der Waals surface area contributed by atoms with Crippen molar-refractivity contribution in [1.29, 1.82) is 0 Å². The van der Waals surface area contributed by atoms with Gasteiger partial charge in [-0.1, -0.05) is 79.9 Å². The van der Waals surface area contributed by atoms with Crippen LogP contribution < -0.4 is 9.80 Å². The summed E-state index contributed by atoms with van der Waals surface area (Å²) in [6, 6.07) is 43.6. The van der Waals surface area contributed by atoms with Gasteiger partial charge >= 0.3 is 20.1 Å². The van der Waals surface area contributed by atoms with Crippen LogP contribution in [0, 0.1) is 18.8 Å². The summed E-state index contributed by atoms with van der Waals surface area (Å²) in [6.45, 7) is 11.1. The summed E-state index contributed by atoms with van der Waals surface area (Å²) in [7, 11) is 2.00. The number of imidazole rings is 1. The number of hydrogen-bond acceptors (Lipinski definition) is 4. The molecule has 2 aromatic heterocycles. The first-order valence-electron chi connectivity index (χ1n) is 17.3. The van der Waals surface area contributed by atoms with Gasteiger partial charge in [0.15, 0.2) is 0 Å². The van der Waals surface area contributed by atoms with Gasteiger partial charge in [0.05, 0.1) is 11.4 Å². The normalized spacial score (nSPS) is 12.8. The van der Waals surface area contributed by atoms with Gasteiger partial charge in [0.1, 0.15) is 5.58 Å². The number of anilines is 3. The van der Waals surface area contributed by atoms with Crippen molar-refractivity contribution in [1.82, 2.24) is 9.55 Å². The molecule has 0 amide bonds. The Morgan fingerprint density at radius 1 is 0.745 bits per heavy atom. The molecular weight excluding hydrogens is 805 g/mol. The third-order valence-corrected chi connectivity index (χ3v) is 10.0. The smallest absolute Gasteiger partial charge is 0.500 e. The van der Waals surface area contributed by atoms with Crippen molar-refractivity contribution < 1.29 is 24.5 Å². The first-order valence-corrected chi connectivity index (χ1v) is 17.3. The summed E-state index contributed by atoms with van der Waals surface area (Å²) < 4.78 is 8.43. The first kappa shape index (κ1) is 33.0. The molecule has 0 spiro atoms. The average Bonchev–Trinajstić information content (AvgIpc) is 3.86. The molecule has 1 aliphatic rings. The van der Waals surface area contributed by atoms with Crippen molar-refractivity contribution in [3.63, 3.8) is 0 Å². The van der Waals surface area contributed by atoms with Crippen LogP contribution in [-0.2, 0) is 27.2 Å². The molecule has 0 unspecified atom stereocenters. The molecule has 5 nitrogen and oxygen atoms in total. The molecule has 252 valence electrons. The molecule has 51 heavy (non-hydrogen) atoms. The van der Waals surface area contributed by atoms with Crippen LogP contribution in [0.4, 0.5) is 17.1 Å². The van der Waals surface area contributed by atoms with Crippen LogP contribution in [0.25, 0.3) is 65.6 Å². The van der Waals surface area contributed by atoms with Crippen LogP contribution in [0.2, 0.25) is 0 Å². The topological polar surface area (TPSA) is 37.4 Å². The summed E-state index contributed by atoms with van der Waals surface area (Å²) in [5.41, 5.74) is 7.71. The van der Waals surface area contributed by atoms with Gasteiger partial charge in [-0.25, -0.2) is 0 Å². The van der Waals surface area contributed by atoms with E-state index in [1.54, 1.807) is 0 Å². The fourth-order valence-corrected chi connectivity index (χ4v) is 7.51. The molecular formula is C45H37IrN4O. The largest absolute Gasteiger partial charge is 3.00 e. The minimum atomic E-state index is 0. The Kier molecular flexibility index (Phi) is 8.33. The monoisotopic (exact) mass is 842 g/mol. The van der Waals surface area contributed by atoms with Gasteiger partial charge in [-0.15, -0.1) is 35.5 Å². The first-order chi connectivity index (χ1) is 24.4. The number of rotatable bonds is 4. The van der Waals surface area contributed by atoms with E-state index in [2.05, 4.69) is 152 Å². The fourth-order valence-electron chi connectivity index (χ4n) is 7.51. The Hall–Kier alpha value is -5.16. The summed E-state index contributed by atoms with van der Waals surface area (Å²) >= 11 is 0. The Bertz CT molecular complexity index is 2690. The summed E-state index contributed by atoms with van der Waals surface area (Å²) in [4.78, 5) is 9.04. The van der Waals surface area contributed by atoms with E-state index in [4.69, 9.17) is 4.42 Å². The zero-order valence-corrected chi connectivity index (χ0v) is 31.6. The molecule has 7 aromatic carbocycles. The van der Waals surface area contributed by atoms with Crippen molar-refractivity contribution in [2.45, 2.75) is 39.7 Å². The summed E-state index contributed by atoms with van der Waals surface area (Å²) in [5.74, 6) is 1.43. The molecule has 3 heterocycles. The van der Waals surface area contributed by atoms with E-state index in [0.717, 1.165) is 39.0 Å². The van der Waals surface area contributed by atoms with Crippen molar-refractivity contribution in [2.24, 2.45) is 7.05 Å². The Morgan fingerprint density at radius 2 is 1.47 bits per heavy atom. The van der Waals surface area contributed by atoms with Crippen LogP contribution in [0.15, 0.2) is 120 Å². The Labute approximate surface area is 311 Å². The predicted molar refractivity (Wildman–Crippen MR) is 208 cm³/mol. The molecule has 1 aliphatic heterocycles. The van der Waals surface area contributed by atoms with Crippen LogP contribution in [-0.4, -0.2) is 15.6 Å². The number of aromatic nitrogens is 2.